The maximum absolute atomic E-state index is 6.69. The van der Waals surface area contributed by atoms with Crippen LogP contribution in [0.1, 0.15) is 226 Å². The molecule has 0 aromatic rings. The average molecular weight is 615 g/mol. The highest BCUT2D eigenvalue weighted by molar-refractivity contribution is 4.93. The van der Waals surface area contributed by atoms with Gasteiger partial charge in [-0.25, -0.2) is 0 Å². The molecule has 258 valence electrons. The van der Waals surface area contributed by atoms with E-state index in [4.69, 9.17) is 9.47 Å². The Morgan fingerprint density at radius 1 is 0.432 bits per heavy atom. The van der Waals surface area contributed by atoms with Crippen molar-refractivity contribution in [3.8, 4) is 0 Å². The topological polar surface area (TPSA) is 18.5 Å². The summed E-state index contributed by atoms with van der Waals surface area (Å²) in [4.78, 5) is 0. The molecule has 2 heteroatoms. The Balaban J connectivity index is 1.43. The first-order chi connectivity index (χ1) is 21.8. The Morgan fingerprint density at radius 2 is 0.773 bits per heavy atom. The van der Waals surface area contributed by atoms with E-state index < -0.39 is 0 Å². The lowest BCUT2D eigenvalue weighted by Gasteiger charge is -2.29. The molecule has 3 atom stereocenters. The van der Waals surface area contributed by atoms with Gasteiger partial charge in [0.05, 0.1) is 12.2 Å². The number of allylic oxidation sites excluding steroid dienone is 4. The Morgan fingerprint density at radius 3 is 1.20 bits per heavy atom. The van der Waals surface area contributed by atoms with E-state index in [2.05, 4.69) is 38.2 Å². The summed E-state index contributed by atoms with van der Waals surface area (Å²) in [7, 11) is 0. The zero-order valence-corrected chi connectivity index (χ0v) is 30.1. The average Bonchev–Trinajstić information content (AvgIpc) is 3.60. The summed E-state index contributed by atoms with van der Waals surface area (Å²) < 4.78 is 13.4. The van der Waals surface area contributed by atoms with Crippen LogP contribution >= 0.6 is 0 Å². The van der Waals surface area contributed by atoms with Crippen LogP contribution in [0.5, 0.6) is 0 Å². The van der Waals surface area contributed by atoms with Gasteiger partial charge in [0.2, 0.25) is 0 Å². The summed E-state index contributed by atoms with van der Waals surface area (Å²) in [6.45, 7) is 4.58. The van der Waals surface area contributed by atoms with Gasteiger partial charge < -0.3 is 9.47 Å². The highest BCUT2D eigenvalue weighted by Crippen LogP contribution is 2.43. The highest BCUT2D eigenvalue weighted by Gasteiger charge is 2.48. The van der Waals surface area contributed by atoms with Crippen molar-refractivity contribution in [2.75, 3.05) is 0 Å². The molecule has 2 aliphatic rings. The second-order valence-corrected chi connectivity index (χ2v) is 14.5. The van der Waals surface area contributed by atoms with Crippen LogP contribution in [0.15, 0.2) is 24.3 Å². The molecule has 0 aromatic carbocycles. The molecule has 1 aliphatic carbocycles. The zero-order valence-electron chi connectivity index (χ0n) is 30.1. The lowest BCUT2D eigenvalue weighted by atomic mass is 9.98. The third-order valence-corrected chi connectivity index (χ3v) is 10.3. The molecule has 1 aliphatic heterocycles. The molecule has 2 unspecified atom stereocenters. The summed E-state index contributed by atoms with van der Waals surface area (Å²) >= 11 is 0. The molecule has 0 N–H and O–H groups in total. The van der Waals surface area contributed by atoms with Crippen LogP contribution in [0.2, 0.25) is 0 Å². The van der Waals surface area contributed by atoms with Gasteiger partial charge >= 0.3 is 0 Å². The van der Waals surface area contributed by atoms with Crippen LogP contribution < -0.4 is 0 Å². The van der Waals surface area contributed by atoms with Crippen molar-refractivity contribution in [2.45, 2.75) is 244 Å². The predicted octanol–water partition coefficient (Wildman–Crippen LogP) is 14.5. The fourth-order valence-corrected chi connectivity index (χ4v) is 7.43. The molecule has 0 amide bonds. The third kappa shape index (κ3) is 20.5. The molecule has 2 nitrogen and oxygen atoms in total. The largest absolute Gasteiger partial charge is 0.344 e. The molecule has 0 spiro atoms. The van der Waals surface area contributed by atoms with E-state index in [0.29, 0.717) is 12.2 Å². The second kappa shape index (κ2) is 28.6. The minimum absolute atomic E-state index is 0.249. The fraction of sp³-hybridized carbons (Fsp3) is 0.905. The van der Waals surface area contributed by atoms with Crippen molar-refractivity contribution in [2.24, 2.45) is 0 Å². The first-order valence-electron chi connectivity index (χ1n) is 20.5. The Bertz CT molecular complexity index is 655. The van der Waals surface area contributed by atoms with Gasteiger partial charge in [0.25, 0.3) is 0 Å². The van der Waals surface area contributed by atoms with Crippen LogP contribution in [0.4, 0.5) is 0 Å². The number of unbranched alkanes of at least 4 members (excludes halogenated alkanes) is 24. The molecule has 1 saturated heterocycles. The van der Waals surface area contributed by atoms with Crippen molar-refractivity contribution >= 4 is 0 Å². The van der Waals surface area contributed by atoms with Gasteiger partial charge in [0, 0.05) is 12.8 Å². The lowest BCUT2D eigenvalue weighted by molar-refractivity contribution is -0.190. The molecule has 2 rings (SSSR count). The zero-order chi connectivity index (χ0) is 31.2. The van der Waals surface area contributed by atoms with Gasteiger partial charge in [0.15, 0.2) is 5.79 Å². The van der Waals surface area contributed by atoms with E-state index in [-0.39, 0.29) is 5.79 Å². The van der Waals surface area contributed by atoms with E-state index in [9.17, 15) is 0 Å². The molecule has 0 aromatic heterocycles. The minimum Gasteiger partial charge on any atom is -0.344 e. The summed E-state index contributed by atoms with van der Waals surface area (Å²) in [6, 6.07) is 0. The van der Waals surface area contributed by atoms with Crippen molar-refractivity contribution in [3.63, 3.8) is 0 Å². The van der Waals surface area contributed by atoms with Gasteiger partial charge in [-0.2, -0.15) is 0 Å². The van der Waals surface area contributed by atoms with E-state index in [1.165, 1.54) is 193 Å². The first-order valence-corrected chi connectivity index (χ1v) is 20.5. The lowest BCUT2D eigenvalue weighted by Crippen LogP contribution is -2.31. The number of fused-ring (bicyclic) bond motifs is 1. The normalized spacial score (nSPS) is 21.8. The van der Waals surface area contributed by atoms with Crippen LogP contribution in [-0.4, -0.2) is 18.0 Å². The van der Waals surface area contributed by atoms with E-state index in [0.717, 1.165) is 19.3 Å². The monoisotopic (exact) mass is 615 g/mol. The second-order valence-electron chi connectivity index (χ2n) is 14.5. The Hall–Kier alpha value is -0.600. The summed E-state index contributed by atoms with van der Waals surface area (Å²) in [5, 5.41) is 0. The summed E-state index contributed by atoms with van der Waals surface area (Å²) in [5.74, 6) is -0.249. The molecule has 0 bridgehead atoms. The molecule has 1 saturated carbocycles. The van der Waals surface area contributed by atoms with Crippen molar-refractivity contribution in [1.29, 1.82) is 0 Å². The van der Waals surface area contributed by atoms with Gasteiger partial charge in [-0.05, 0) is 64.2 Å². The van der Waals surface area contributed by atoms with Crippen molar-refractivity contribution in [3.05, 3.63) is 24.3 Å². The van der Waals surface area contributed by atoms with Crippen LogP contribution in [0.3, 0.4) is 0 Å². The third-order valence-electron chi connectivity index (χ3n) is 10.3. The van der Waals surface area contributed by atoms with E-state index >= 15 is 0 Å². The van der Waals surface area contributed by atoms with Crippen LogP contribution in [-0.2, 0) is 9.47 Å². The number of ether oxygens (including phenoxy) is 2. The Kier molecular flexibility index (Phi) is 25.7. The van der Waals surface area contributed by atoms with E-state index in [1.54, 1.807) is 0 Å². The Labute approximate surface area is 277 Å². The van der Waals surface area contributed by atoms with E-state index in [1.807, 2.05) is 0 Å². The number of rotatable bonds is 32. The SMILES string of the molecule is CCCCC/C=C\C/C=C\CCCCCCCCC1(CCCCCCCCCCCCCCCCCC)OC2CCC[C@@H]2O1. The number of hydrogen-bond acceptors (Lipinski definition) is 2. The first kappa shape index (κ1) is 39.6. The maximum atomic E-state index is 6.69. The predicted molar refractivity (Wildman–Crippen MR) is 194 cm³/mol. The quantitative estimate of drug-likeness (QED) is 0.0554. The summed E-state index contributed by atoms with van der Waals surface area (Å²) in [5.41, 5.74) is 0. The molecule has 1 heterocycles. The highest BCUT2D eigenvalue weighted by atomic mass is 16.8. The standard InChI is InChI=1S/C42H78O2/c1-3-5-7-9-11-13-15-17-19-21-23-25-27-29-31-33-38-42(43-40-36-35-37-41(40)44-42)39-34-32-30-28-26-24-22-20-18-16-14-12-10-8-6-4-2/h11,13,17,19,40-41H,3-10,12,14-16,18,20-39H2,1-2H3/b13-11-,19-17-/t40-,41?,42?/m0/s1. The molecule has 0 radical (unpaired) electrons. The minimum atomic E-state index is -0.249. The van der Waals surface area contributed by atoms with Gasteiger partial charge in [-0.3, -0.25) is 0 Å². The summed E-state index contributed by atoms with van der Waals surface area (Å²) in [6.07, 6.45) is 54.7. The smallest absolute Gasteiger partial charge is 0.169 e. The van der Waals surface area contributed by atoms with Crippen LogP contribution in [0, 0.1) is 0 Å². The molecule has 2 fully saturated rings. The van der Waals surface area contributed by atoms with Crippen molar-refractivity contribution < 1.29 is 9.47 Å². The fourth-order valence-electron chi connectivity index (χ4n) is 7.43. The van der Waals surface area contributed by atoms with Gasteiger partial charge in [-0.1, -0.05) is 173 Å². The molecular weight excluding hydrogens is 536 g/mol. The van der Waals surface area contributed by atoms with Gasteiger partial charge in [0.1, 0.15) is 0 Å². The molecular formula is C42H78O2. The van der Waals surface area contributed by atoms with Crippen LogP contribution in [0.25, 0.3) is 0 Å². The maximum Gasteiger partial charge on any atom is 0.169 e. The van der Waals surface area contributed by atoms with Crippen molar-refractivity contribution in [1.82, 2.24) is 0 Å². The number of hydrogen-bond donors (Lipinski definition) is 0. The van der Waals surface area contributed by atoms with Gasteiger partial charge in [-0.15, -0.1) is 0 Å². The molecule has 44 heavy (non-hydrogen) atoms.